The summed E-state index contributed by atoms with van der Waals surface area (Å²) in [5.74, 6) is 0.314. The van der Waals surface area contributed by atoms with Crippen molar-refractivity contribution < 1.29 is 5.21 Å². The molecule has 1 atom stereocenters. The van der Waals surface area contributed by atoms with Crippen molar-refractivity contribution in [3.05, 3.63) is 104 Å². The number of pyridine rings is 2. The Hall–Kier alpha value is -4.50. The number of nitrogens with one attached hydrogen (secondary N) is 2. The number of benzene rings is 2. The zero-order valence-corrected chi connectivity index (χ0v) is 19.2. The van der Waals surface area contributed by atoms with Gasteiger partial charge in [-0.15, -0.1) is 0 Å². The van der Waals surface area contributed by atoms with Gasteiger partial charge in [0.15, 0.2) is 5.43 Å². The molecule has 0 aliphatic heterocycles. The van der Waals surface area contributed by atoms with Crippen LogP contribution in [0.3, 0.4) is 0 Å². The average molecular weight is 487 g/mol. The van der Waals surface area contributed by atoms with Crippen molar-refractivity contribution in [1.82, 2.24) is 19.5 Å². The summed E-state index contributed by atoms with van der Waals surface area (Å²) in [7, 11) is 0. The first kappa shape index (κ1) is 22.3. The normalized spacial score (nSPS) is 12.4. The van der Waals surface area contributed by atoms with Crippen LogP contribution in [0.2, 0.25) is 5.02 Å². The molecule has 1 unspecified atom stereocenters. The first-order chi connectivity index (χ1) is 17.0. The number of anilines is 1. The lowest BCUT2D eigenvalue weighted by Crippen LogP contribution is -2.27. The molecule has 5 rings (SSSR count). The van der Waals surface area contributed by atoms with Crippen molar-refractivity contribution >= 4 is 45.4 Å². The van der Waals surface area contributed by atoms with Gasteiger partial charge in [-0.05, 0) is 19.1 Å². The van der Waals surface area contributed by atoms with E-state index in [1.54, 1.807) is 30.3 Å². The molecule has 0 spiro atoms. The number of hydrogen-bond acceptors (Lipinski definition) is 7. The smallest absolute Gasteiger partial charge is 0.264 e. The third-order valence-corrected chi connectivity index (χ3v) is 6.14. The number of aromatic nitrogens is 4. The predicted molar refractivity (Wildman–Crippen MR) is 136 cm³/mol. The number of hydrogen-bond donors (Lipinski definition) is 3. The van der Waals surface area contributed by atoms with E-state index in [4.69, 9.17) is 16.8 Å². The Morgan fingerprint density at radius 1 is 1.09 bits per heavy atom. The van der Waals surface area contributed by atoms with Crippen molar-refractivity contribution in [1.29, 1.82) is 0 Å². The van der Waals surface area contributed by atoms with Crippen LogP contribution in [-0.4, -0.2) is 30.9 Å². The minimum Gasteiger partial charge on any atom is -0.411 e. The Morgan fingerprint density at radius 2 is 1.89 bits per heavy atom. The highest BCUT2D eigenvalue weighted by atomic mass is 35.5. The van der Waals surface area contributed by atoms with Crippen LogP contribution in [0.4, 0.5) is 5.82 Å². The molecule has 0 saturated carbocycles. The van der Waals surface area contributed by atoms with Crippen molar-refractivity contribution in [2.45, 2.75) is 13.0 Å². The van der Waals surface area contributed by atoms with Gasteiger partial charge in [-0.25, -0.2) is 9.97 Å². The number of H-pyrrole nitrogens is 1. The second kappa shape index (κ2) is 9.03. The number of aromatic amines is 1. The van der Waals surface area contributed by atoms with Gasteiger partial charge in [0.2, 0.25) is 0 Å². The van der Waals surface area contributed by atoms with E-state index in [0.717, 1.165) is 0 Å². The van der Waals surface area contributed by atoms with Crippen LogP contribution in [0.5, 0.6) is 0 Å². The number of fused-ring (bicyclic) bond motifs is 2. The molecule has 2 aromatic carbocycles. The molecule has 0 radical (unpaired) electrons. The minimum atomic E-state index is -0.548. The highest BCUT2D eigenvalue weighted by Crippen LogP contribution is 2.33. The molecule has 0 saturated heterocycles. The van der Waals surface area contributed by atoms with Crippen molar-refractivity contribution in [3.63, 3.8) is 0 Å². The van der Waals surface area contributed by atoms with E-state index in [-0.39, 0.29) is 11.0 Å². The van der Waals surface area contributed by atoms with E-state index in [9.17, 15) is 9.59 Å². The second-order valence-corrected chi connectivity index (χ2v) is 8.22. The molecule has 0 bridgehead atoms. The van der Waals surface area contributed by atoms with Gasteiger partial charge in [-0.1, -0.05) is 53.2 Å². The SMILES string of the molecule is CC(Nc1ncnc2[nH]ccc(=O)c12)c1c(Cl)c2cccc(C=NO)c2c(=O)n1-c1ccccc1. The van der Waals surface area contributed by atoms with E-state index in [1.807, 2.05) is 25.1 Å². The summed E-state index contributed by atoms with van der Waals surface area (Å²) in [6.07, 6.45) is 4.07. The van der Waals surface area contributed by atoms with Crippen molar-refractivity contribution in [3.8, 4) is 5.69 Å². The van der Waals surface area contributed by atoms with Gasteiger partial charge in [0.05, 0.1) is 28.4 Å². The monoisotopic (exact) mass is 486 g/mol. The molecular formula is C25H19ClN6O3. The van der Waals surface area contributed by atoms with Gasteiger partial charge < -0.3 is 15.5 Å². The highest BCUT2D eigenvalue weighted by Gasteiger charge is 2.23. The lowest BCUT2D eigenvalue weighted by atomic mass is 10.0. The predicted octanol–water partition coefficient (Wildman–Crippen LogP) is 4.26. The lowest BCUT2D eigenvalue weighted by Gasteiger charge is -2.23. The Bertz CT molecular complexity index is 1710. The molecule has 9 nitrogen and oxygen atoms in total. The van der Waals surface area contributed by atoms with Gasteiger partial charge in [0.1, 0.15) is 23.2 Å². The maximum Gasteiger partial charge on any atom is 0.264 e. The standard InChI is InChI=1S/C25H19ClN6O3/c1-14(31-24-20-18(33)10-11-27-23(20)28-13-29-24)22-21(26)17-9-5-6-15(12-30-35)19(17)25(34)32(22)16-7-3-2-4-8-16/h2-14,35H,1H3,(H2,27,28,29,31,33). The summed E-state index contributed by atoms with van der Waals surface area (Å²) in [4.78, 5) is 37.8. The van der Waals surface area contributed by atoms with E-state index in [0.29, 0.717) is 49.6 Å². The fourth-order valence-electron chi connectivity index (χ4n) is 4.23. The quantitative estimate of drug-likeness (QED) is 0.194. The Morgan fingerprint density at radius 3 is 2.66 bits per heavy atom. The molecule has 10 heteroatoms. The molecule has 5 aromatic rings. The van der Waals surface area contributed by atoms with Gasteiger partial charge in [0.25, 0.3) is 5.56 Å². The number of rotatable bonds is 5. The van der Waals surface area contributed by atoms with Crippen LogP contribution in [0.15, 0.2) is 81.9 Å². The number of para-hydroxylation sites is 1. The summed E-state index contributed by atoms with van der Waals surface area (Å²) >= 11 is 6.94. The lowest BCUT2D eigenvalue weighted by molar-refractivity contribution is 0.322. The molecule has 3 aromatic heterocycles. The third kappa shape index (κ3) is 3.81. The molecule has 0 amide bonds. The summed E-state index contributed by atoms with van der Waals surface area (Å²) < 4.78 is 1.52. The summed E-state index contributed by atoms with van der Waals surface area (Å²) in [5.41, 5.74) is 1.33. The number of oxime groups is 1. The molecule has 3 N–H and O–H groups in total. The molecule has 0 aliphatic rings. The van der Waals surface area contributed by atoms with Crippen LogP contribution < -0.4 is 16.3 Å². The highest BCUT2D eigenvalue weighted by molar-refractivity contribution is 6.36. The van der Waals surface area contributed by atoms with Gasteiger partial charge in [0, 0.05) is 28.9 Å². The van der Waals surface area contributed by atoms with Crippen LogP contribution in [0.25, 0.3) is 27.5 Å². The maximum atomic E-state index is 13.9. The van der Waals surface area contributed by atoms with E-state index in [2.05, 4.69) is 25.4 Å². The topological polar surface area (TPSA) is 125 Å². The Balaban J connectivity index is 1.79. The summed E-state index contributed by atoms with van der Waals surface area (Å²) in [6.45, 7) is 1.83. The molecular weight excluding hydrogens is 468 g/mol. The van der Waals surface area contributed by atoms with Gasteiger partial charge >= 0.3 is 0 Å². The van der Waals surface area contributed by atoms with Gasteiger partial charge in [-0.3, -0.25) is 14.2 Å². The zero-order valence-electron chi connectivity index (χ0n) is 18.4. The summed E-state index contributed by atoms with van der Waals surface area (Å²) in [5, 5.41) is 16.9. The fraction of sp³-hybridized carbons (Fsp3) is 0.0800. The van der Waals surface area contributed by atoms with Crippen LogP contribution in [0.1, 0.15) is 24.2 Å². The Labute approximate surface area is 203 Å². The fourth-order valence-corrected chi connectivity index (χ4v) is 4.63. The second-order valence-electron chi connectivity index (χ2n) is 7.84. The maximum absolute atomic E-state index is 13.9. The van der Waals surface area contributed by atoms with E-state index < -0.39 is 6.04 Å². The molecule has 35 heavy (non-hydrogen) atoms. The Kier molecular flexibility index (Phi) is 5.76. The number of nitrogens with zero attached hydrogens (tertiary/aromatic N) is 4. The van der Waals surface area contributed by atoms with Crippen LogP contribution in [0, 0.1) is 0 Å². The molecule has 0 fully saturated rings. The third-order valence-electron chi connectivity index (χ3n) is 5.74. The van der Waals surface area contributed by atoms with Crippen molar-refractivity contribution in [2.24, 2.45) is 5.16 Å². The molecule has 174 valence electrons. The van der Waals surface area contributed by atoms with Crippen LogP contribution in [-0.2, 0) is 0 Å². The first-order valence-corrected chi connectivity index (χ1v) is 11.1. The largest absolute Gasteiger partial charge is 0.411 e. The average Bonchev–Trinajstić information content (AvgIpc) is 2.87. The first-order valence-electron chi connectivity index (χ1n) is 10.7. The van der Waals surface area contributed by atoms with E-state index in [1.165, 1.54) is 29.4 Å². The zero-order chi connectivity index (χ0) is 24.5. The van der Waals surface area contributed by atoms with E-state index >= 15 is 0 Å². The van der Waals surface area contributed by atoms with Crippen molar-refractivity contribution in [2.75, 3.05) is 5.32 Å². The minimum absolute atomic E-state index is 0.243. The van der Waals surface area contributed by atoms with Crippen LogP contribution >= 0.6 is 11.6 Å². The van der Waals surface area contributed by atoms with Gasteiger partial charge in [-0.2, -0.15) is 0 Å². The molecule has 0 aliphatic carbocycles. The number of halogens is 1. The molecule has 3 heterocycles. The summed E-state index contributed by atoms with van der Waals surface area (Å²) in [6, 6.07) is 15.1.